The van der Waals surface area contributed by atoms with Crippen LogP contribution in [0.5, 0.6) is 0 Å². The number of nitrogens with one attached hydrogen (secondary N) is 1. The molecule has 0 amide bonds. The molecule has 0 aliphatic carbocycles. The highest BCUT2D eigenvalue weighted by atomic mass is 35.5. The summed E-state index contributed by atoms with van der Waals surface area (Å²) >= 11 is 13.9. The van der Waals surface area contributed by atoms with E-state index in [4.69, 9.17) is 28.3 Å². The molecule has 0 fully saturated rings. The molecule has 1 N–H and O–H groups in total. The lowest BCUT2D eigenvalue weighted by Gasteiger charge is -2.06. The Morgan fingerprint density at radius 1 is 0.889 bits per heavy atom. The molecule has 0 aliphatic rings. The summed E-state index contributed by atoms with van der Waals surface area (Å²) in [6.07, 6.45) is 2.02. The third-order valence-corrected chi connectivity index (χ3v) is 6.00. The number of thiophene rings is 1. The fourth-order valence-corrected chi connectivity index (χ4v) is 4.75. The van der Waals surface area contributed by atoms with E-state index in [9.17, 15) is 0 Å². The minimum absolute atomic E-state index is 0.642. The van der Waals surface area contributed by atoms with Crippen LogP contribution in [0.4, 0.5) is 0 Å². The number of fused-ring (bicyclic) bond motifs is 1. The highest BCUT2D eigenvalue weighted by molar-refractivity contribution is 7.20. The van der Waals surface area contributed by atoms with Crippen molar-refractivity contribution in [3.8, 4) is 28.2 Å². The highest BCUT2D eigenvalue weighted by Gasteiger charge is 2.18. The molecule has 0 unspecified atom stereocenters. The van der Waals surface area contributed by atoms with E-state index in [0.29, 0.717) is 8.67 Å². The van der Waals surface area contributed by atoms with Crippen molar-refractivity contribution in [1.82, 2.24) is 14.8 Å². The first kappa shape index (κ1) is 16.6. The summed E-state index contributed by atoms with van der Waals surface area (Å²) in [7, 11) is 0. The van der Waals surface area contributed by atoms with Crippen LogP contribution in [-0.2, 0) is 0 Å². The van der Waals surface area contributed by atoms with Crippen molar-refractivity contribution < 1.29 is 0 Å². The van der Waals surface area contributed by atoms with Gasteiger partial charge in [-0.15, -0.1) is 11.3 Å². The van der Waals surface area contributed by atoms with E-state index in [-0.39, 0.29) is 0 Å². The van der Waals surface area contributed by atoms with Crippen molar-refractivity contribution in [1.29, 1.82) is 0 Å². The molecule has 3 aromatic heterocycles. The van der Waals surface area contributed by atoms with E-state index >= 15 is 0 Å². The van der Waals surface area contributed by atoms with E-state index < -0.39 is 0 Å². The maximum Gasteiger partial charge on any atom is 0.104 e. The van der Waals surface area contributed by atoms with Crippen LogP contribution in [0.1, 0.15) is 0 Å². The van der Waals surface area contributed by atoms with Crippen molar-refractivity contribution in [2.75, 3.05) is 0 Å². The number of benzene rings is 2. The zero-order valence-electron chi connectivity index (χ0n) is 14.0. The molecule has 0 bridgehead atoms. The first-order chi connectivity index (χ1) is 13.2. The quantitative estimate of drug-likeness (QED) is 0.340. The van der Waals surface area contributed by atoms with Gasteiger partial charge in [0.15, 0.2) is 0 Å². The SMILES string of the molecule is Clc1cc(-c2cc(-c3c[nH]c4ccccc34)n(-c3ccccc3)n2)c(Cl)s1. The Kier molecular flexibility index (Phi) is 4.05. The summed E-state index contributed by atoms with van der Waals surface area (Å²) in [4.78, 5) is 3.34. The predicted molar refractivity (Wildman–Crippen MR) is 114 cm³/mol. The Labute approximate surface area is 169 Å². The van der Waals surface area contributed by atoms with Crippen LogP contribution in [0.2, 0.25) is 8.67 Å². The van der Waals surface area contributed by atoms with Crippen molar-refractivity contribution in [2.24, 2.45) is 0 Å². The first-order valence-electron chi connectivity index (χ1n) is 8.38. The van der Waals surface area contributed by atoms with Crippen LogP contribution in [0.25, 0.3) is 39.1 Å². The van der Waals surface area contributed by atoms with Gasteiger partial charge in [0.05, 0.1) is 21.4 Å². The van der Waals surface area contributed by atoms with E-state index in [2.05, 4.69) is 23.2 Å². The second-order valence-electron chi connectivity index (χ2n) is 6.15. The second-order valence-corrected chi connectivity index (χ2v) is 8.43. The van der Waals surface area contributed by atoms with Gasteiger partial charge in [0.25, 0.3) is 0 Å². The van der Waals surface area contributed by atoms with Crippen molar-refractivity contribution in [3.63, 3.8) is 0 Å². The van der Waals surface area contributed by atoms with E-state index in [0.717, 1.165) is 39.1 Å². The average Bonchev–Trinajstić information content (AvgIpc) is 3.38. The van der Waals surface area contributed by atoms with E-state index in [1.165, 1.54) is 11.3 Å². The molecule has 0 spiro atoms. The lowest BCUT2D eigenvalue weighted by Crippen LogP contribution is -1.98. The average molecular weight is 410 g/mol. The number of rotatable bonds is 3. The topological polar surface area (TPSA) is 33.6 Å². The number of H-pyrrole nitrogens is 1. The van der Waals surface area contributed by atoms with Gasteiger partial charge < -0.3 is 4.98 Å². The number of hydrogen-bond acceptors (Lipinski definition) is 2. The minimum Gasteiger partial charge on any atom is -0.360 e. The summed E-state index contributed by atoms with van der Waals surface area (Å²) in [5.41, 5.74) is 5.81. The van der Waals surface area contributed by atoms with Gasteiger partial charge in [0.1, 0.15) is 4.34 Å². The van der Waals surface area contributed by atoms with Crippen LogP contribution in [0.3, 0.4) is 0 Å². The van der Waals surface area contributed by atoms with Gasteiger partial charge in [0, 0.05) is 28.2 Å². The van der Waals surface area contributed by atoms with Crippen LogP contribution < -0.4 is 0 Å². The Morgan fingerprint density at radius 2 is 1.67 bits per heavy atom. The van der Waals surface area contributed by atoms with Gasteiger partial charge in [-0.25, -0.2) is 4.68 Å². The fourth-order valence-electron chi connectivity index (χ4n) is 3.27. The molecule has 0 atom stereocenters. The summed E-state index contributed by atoms with van der Waals surface area (Å²) in [5, 5.41) is 6.00. The van der Waals surface area contributed by atoms with Gasteiger partial charge in [-0.2, -0.15) is 5.10 Å². The van der Waals surface area contributed by atoms with Gasteiger partial charge in [-0.1, -0.05) is 59.6 Å². The first-order valence-corrected chi connectivity index (χ1v) is 9.95. The smallest absolute Gasteiger partial charge is 0.104 e. The lowest BCUT2D eigenvalue weighted by atomic mass is 10.1. The number of nitrogens with zero attached hydrogens (tertiary/aromatic N) is 2. The summed E-state index contributed by atoms with van der Waals surface area (Å²) in [6, 6.07) is 22.3. The monoisotopic (exact) mass is 409 g/mol. The van der Waals surface area contributed by atoms with Crippen molar-refractivity contribution >= 4 is 45.4 Å². The molecule has 0 aliphatic heterocycles. The molecule has 5 rings (SSSR count). The molecule has 0 radical (unpaired) electrons. The zero-order chi connectivity index (χ0) is 18.4. The van der Waals surface area contributed by atoms with Crippen LogP contribution in [0, 0.1) is 0 Å². The second kappa shape index (κ2) is 6.57. The maximum atomic E-state index is 6.39. The Balaban J connectivity index is 1.78. The Morgan fingerprint density at radius 3 is 2.44 bits per heavy atom. The molecule has 0 saturated heterocycles. The Bertz CT molecular complexity index is 1250. The standard InChI is InChI=1S/C21H13Cl2N3S/c22-20-10-15(21(23)27-20)18-11-19(26(25-18)13-6-2-1-3-7-13)16-12-24-17-9-5-4-8-14(16)17/h1-12,24H. The molecule has 6 heteroatoms. The third-order valence-electron chi connectivity index (χ3n) is 4.51. The van der Waals surface area contributed by atoms with Gasteiger partial charge in [0.2, 0.25) is 0 Å². The number of aromatic nitrogens is 3. The normalized spacial score (nSPS) is 11.3. The maximum absolute atomic E-state index is 6.39. The Hall–Kier alpha value is -2.53. The lowest BCUT2D eigenvalue weighted by molar-refractivity contribution is 0.893. The van der Waals surface area contributed by atoms with Crippen molar-refractivity contribution in [2.45, 2.75) is 0 Å². The number of para-hydroxylation sites is 2. The molecule has 5 aromatic rings. The van der Waals surface area contributed by atoms with E-state index in [1.54, 1.807) is 0 Å². The molecule has 0 saturated carbocycles. The molecule has 3 nitrogen and oxygen atoms in total. The van der Waals surface area contributed by atoms with Gasteiger partial charge in [-0.3, -0.25) is 0 Å². The van der Waals surface area contributed by atoms with Crippen molar-refractivity contribution in [3.05, 3.63) is 81.6 Å². The van der Waals surface area contributed by atoms with Crippen LogP contribution in [-0.4, -0.2) is 14.8 Å². The highest BCUT2D eigenvalue weighted by Crippen LogP contribution is 2.40. The summed E-state index contributed by atoms with van der Waals surface area (Å²) in [5.74, 6) is 0. The largest absolute Gasteiger partial charge is 0.360 e. The minimum atomic E-state index is 0.642. The fraction of sp³-hybridized carbons (Fsp3) is 0. The molecule has 132 valence electrons. The zero-order valence-corrected chi connectivity index (χ0v) is 16.3. The molecule has 2 aromatic carbocycles. The van der Waals surface area contributed by atoms with Crippen LogP contribution in [0.15, 0.2) is 72.9 Å². The van der Waals surface area contributed by atoms with E-state index in [1.807, 2.05) is 59.4 Å². The van der Waals surface area contributed by atoms with Gasteiger partial charge >= 0.3 is 0 Å². The third kappa shape index (κ3) is 2.86. The number of aromatic amines is 1. The van der Waals surface area contributed by atoms with Gasteiger partial charge in [-0.05, 0) is 30.3 Å². The number of hydrogen-bond donors (Lipinski definition) is 1. The molecular weight excluding hydrogens is 397 g/mol. The number of halogens is 2. The molecule has 27 heavy (non-hydrogen) atoms. The van der Waals surface area contributed by atoms with Crippen LogP contribution >= 0.6 is 34.5 Å². The predicted octanol–water partition coefficient (Wildman–Crippen LogP) is 7.06. The molecular formula is C21H13Cl2N3S. The molecule has 3 heterocycles. The summed E-state index contributed by atoms with van der Waals surface area (Å²) in [6.45, 7) is 0. The summed E-state index contributed by atoms with van der Waals surface area (Å²) < 4.78 is 3.24.